The molecule has 2 rings (SSSR count). The molecule has 5 nitrogen and oxygen atoms in total. The van der Waals surface area contributed by atoms with Gasteiger partial charge in [0.1, 0.15) is 5.82 Å². The number of hydrogen-bond acceptors (Lipinski definition) is 2. The molecule has 0 radical (unpaired) electrons. The van der Waals surface area contributed by atoms with Crippen LogP contribution in [0.25, 0.3) is 0 Å². The molecule has 1 unspecified atom stereocenters. The first-order chi connectivity index (χ1) is 12.7. The van der Waals surface area contributed by atoms with Gasteiger partial charge < -0.3 is 16.0 Å². The number of rotatable bonds is 5. The van der Waals surface area contributed by atoms with E-state index in [2.05, 4.69) is 16.0 Å². The van der Waals surface area contributed by atoms with Crippen molar-refractivity contribution in [3.63, 3.8) is 0 Å². The second-order valence-corrected chi connectivity index (χ2v) is 7.13. The molecule has 2 aromatic carbocycles. The lowest BCUT2D eigenvalue weighted by atomic mass is 10.1. The molecule has 8 heteroatoms. The minimum Gasteiger partial charge on any atom is -0.345 e. The van der Waals surface area contributed by atoms with Gasteiger partial charge in [0.05, 0.1) is 11.1 Å². The van der Waals surface area contributed by atoms with Crippen molar-refractivity contribution in [1.82, 2.24) is 10.6 Å². The Kier molecular flexibility index (Phi) is 7.05. The van der Waals surface area contributed by atoms with Crippen molar-refractivity contribution >= 4 is 40.8 Å². The van der Waals surface area contributed by atoms with E-state index in [0.717, 1.165) is 0 Å². The van der Waals surface area contributed by atoms with Crippen molar-refractivity contribution in [2.45, 2.75) is 32.9 Å². The van der Waals surface area contributed by atoms with Gasteiger partial charge in [0.2, 0.25) is 0 Å². The highest BCUT2D eigenvalue weighted by molar-refractivity contribution is 6.35. The van der Waals surface area contributed by atoms with Crippen LogP contribution < -0.4 is 16.0 Å². The van der Waals surface area contributed by atoms with Crippen LogP contribution in [0.15, 0.2) is 36.4 Å². The van der Waals surface area contributed by atoms with Crippen LogP contribution in [0.2, 0.25) is 10.0 Å². The Morgan fingerprint density at radius 1 is 1.00 bits per heavy atom. The van der Waals surface area contributed by atoms with Crippen LogP contribution in [0.5, 0.6) is 0 Å². The smallest absolute Gasteiger partial charge is 0.319 e. The van der Waals surface area contributed by atoms with Gasteiger partial charge in [-0.15, -0.1) is 0 Å². The van der Waals surface area contributed by atoms with Crippen LogP contribution in [0.4, 0.5) is 14.9 Å². The summed E-state index contributed by atoms with van der Waals surface area (Å²) < 4.78 is 13.7. The standard InChI is InChI=1S/C19H20Cl2FN3O2/c1-10(2)23-19(27)25-13-6-4-5-12(7-13)18(26)24-11(3)14-8-17(22)16(21)9-15(14)20/h4-11H,1-3H3,(H,24,26)(H2,23,25,27). The van der Waals surface area contributed by atoms with E-state index in [4.69, 9.17) is 23.2 Å². The lowest BCUT2D eigenvalue weighted by Gasteiger charge is -2.17. The van der Waals surface area contributed by atoms with E-state index in [1.54, 1.807) is 31.2 Å². The van der Waals surface area contributed by atoms with Gasteiger partial charge >= 0.3 is 6.03 Å². The third-order valence-electron chi connectivity index (χ3n) is 3.66. The Labute approximate surface area is 167 Å². The van der Waals surface area contributed by atoms with Gasteiger partial charge in [0.25, 0.3) is 5.91 Å². The third kappa shape index (κ3) is 5.84. The van der Waals surface area contributed by atoms with Gasteiger partial charge in [0, 0.05) is 22.3 Å². The first kappa shape index (κ1) is 21.0. The Morgan fingerprint density at radius 2 is 1.70 bits per heavy atom. The molecule has 3 amide bonds. The summed E-state index contributed by atoms with van der Waals surface area (Å²) in [4.78, 5) is 24.3. The Hall–Kier alpha value is -2.31. The maximum absolute atomic E-state index is 13.7. The summed E-state index contributed by atoms with van der Waals surface area (Å²) in [7, 11) is 0. The third-order valence-corrected chi connectivity index (χ3v) is 4.27. The van der Waals surface area contributed by atoms with E-state index in [-0.39, 0.29) is 28.0 Å². The van der Waals surface area contributed by atoms with Gasteiger partial charge in [-0.05, 0) is 56.7 Å². The molecule has 144 valence electrons. The molecular weight excluding hydrogens is 392 g/mol. The largest absolute Gasteiger partial charge is 0.345 e. The van der Waals surface area contributed by atoms with E-state index in [1.807, 2.05) is 13.8 Å². The summed E-state index contributed by atoms with van der Waals surface area (Å²) in [6.45, 7) is 5.37. The van der Waals surface area contributed by atoms with Gasteiger partial charge in [-0.2, -0.15) is 0 Å². The molecule has 0 fully saturated rings. The Bertz CT molecular complexity index is 859. The molecule has 27 heavy (non-hydrogen) atoms. The molecular formula is C19H20Cl2FN3O2. The highest BCUT2D eigenvalue weighted by Gasteiger charge is 2.17. The minimum absolute atomic E-state index is 0.0122. The predicted molar refractivity (Wildman–Crippen MR) is 106 cm³/mol. The molecule has 0 saturated carbocycles. The van der Waals surface area contributed by atoms with E-state index in [0.29, 0.717) is 16.8 Å². The number of nitrogens with one attached hydrogen (secondary N) is 3. The van der Waals surface area contributed by atoms with Crippen LogP contribution in [0.1, 0.15) is 42.7 Å². The van der Waals surface area contributed by atoms with Crippen LogP contribution in [-0.2, 0) is 0 Å². The zero-order valence-corrected chi connectivity index (χ0v) is 16.6. The second kappa shape index (κ2) is 9.06. The van der Waals surface area contributed by atoms with Crippen molar-refractivity contribution in [3.05, 3.63) is 63.4 Å². The molecule has 0 spiro atoms. The molecule has 0 aliphatic rings. The fraction of sp³-hybridized carbons (Fsp3) is 0.263. The van der Waals surface area contributed by atoms with Crippen molar-refractivity contribution < 1.29 is 14.0 Å². The van der Waals surface area contributed by atoms with Gasteiger partial charge in [-0.1, -0.05) is 29.3 Å². The summed E-state index contributed by atoms with van der Waals surface area (Å²) in [5.41, 5.74) is 1.23. The van der Waals surface area contributed by atoms with Crippen LogP contribution in [-0.4, -0.2) is 18.0 Å². The summed E-state index contributed by atoms with van der Waals surface area (Å²) >= 11 is 11.8. The number of amides is 3. The molecule has 0 heterocycles. The van der Waals surface area contributed by atoms with Crippen LogP contribution in [0, 0.1) is 5.82 Å². The highest BCUT2D eigenvalue weighted by Crippen LogP contribution is 2.28. The molecule has 0 aliphatic heterocycles. The van der Waals surface area contributed by atoms with Gasteiger partial charge in [-0.3, -0.25) is 4.79 Å². The first-order valence-corrected chi connectivity index (χ1v) is 9.06. The quantitative estimate of drug-likeness (QED) is 0.595. The zero-order valence-electron chi connectivity index (χ0n) is 15.1. The van der Waals surface area contributed by atoms with Gasteiger partial charge in [-0.25, -0.2) is 9.18 Å². The molecule has 0 aliphatic carbocycles. The molecule has 0 saturated heterocycles. The van der Waals surface area contributed by atoms with Crippen molar-refractivity contribution in [3.8, 4) is 0 Å². The van der Waals surface area contributed by atoms with Crippen LogP contribution in [0.3, 0.4) is 0 Å². The first-order valence-electron chi connectivity index (χ1n) is 8.30. The lowest BCUT2D eigenvalue weighted by molar-refractivity contribution is 0.0940. The van der Waals surface area contributed by atoms with E-state index in [9.17, 15) is 14.0 Å². The normalized spacial score (nSPS) is 11.8. The summed E-state index contributed by atoms with van der Waals surface area (Å²) in [6.07, 6.45) is 0. The van der Waals surface area contributed by atoms with E-state index in [1.165, 1.54) is 12.1 Å². The maximum atomic E-state index is 13.7. The molecule has 2 aromatic rings. The average Bonchev–Trinajstić information content (AvgIpc) is 2.57. The number of carbonyl (C=O) groups excluding carboxylic acids is 2. The molecule has 3 N–H and O–H groups in total. The molecule has 0 aromatic heterocycles. The SMILES string of the molecule is CC(C)NC(=O)Nc1cccc(C(=O)NC(C)c2cc(F)c(Cl)cc2Cl)c1. The van der Waals surface area contributed by atoms with E-state index < -0.39 is 11.9 Å². The summed E-state index contributed by atoms with van der Waals surface area (Å²) in [5.74, 6) is -0.999. The Balaban J connectivity index is 2.11. The number of anilines is 1. The monoisotopic (exact) mass is 411 g/mol. The maximum Gasteiger partial charge on any atom is 0.319 e. The summed E-state index contributed by atoms with van der Waals surface area (Å²) in [5, 5.41) is 8.29. The van der Waals surface area contributed by atoms with Crippen LogP contribution >= 0.6 is 23.2 Å². The van der Waals surface area contributed by atoms with E-state index >= 15 is 0 Å². The summed E-state index contributed by atoms with van der Waals surface area (Å²) in [6, 6.07) is 8.06. The van der Waals surface area contributed by atoms with Gasteiger partial charge in [0.15, 0.2) is 0 Å². The highest BCUT2D eigenvalue weighted by atomic mass is 35.5. The topological polar surface area (TPSA) is 70.2 Å². The molecule has 1 atom stereocenters. The average molecular weight is 412 g/mol. The number of hydrogen-bond donors (Lipinski definition) is 3. The zero-order chi connectivity index (χ0) is 20.1. The number of carbonyl (C=O) groups is 2. The molecule has 0 bridgehead atoms. The lowest BCUT2D eigenvalue weighted by Crippen LogP contribution is -2.34. The fourth-order valence-corrected chi connectivity index (χ4v) is 2.94. The Morgan fingerprint density at radius 3 is 2.37 bits per heavy atom. The number of halogens is 3. The van der Waals surface area contributed by atoms with Crippen molar-refractivity contribution in [2.24, 2.45) is 0 Å². The van der Waals surface area contributed by atoms with Crippen molar-refractivity contribution in [1.29, 1.82) is 0 Å². The second-order valence-electron chi connectivity index (χ2n) is 6.32. The predicted octanol–water partition coefficient (Wildman–Crippen LogP) is 5.15. The fourth-order valence-electron chi connectivity index (χ4n) is 2.40. The van der Waals surface area contributed by atoms with Crippen molar-refractivity contribution in [2.75, 3.05) is 5.32 Å². The minimum atomic E-state index is -0.612. The number of urea groups is 1. The number of benzene rings is 2.